The van der Waals surface area contributed by atoms with Crippen LogP contribution in [0.1, 0.15) is 35.5 Å². The highest BCUT2D eigenvalue weighted by molar-refractivity contribution is 7.19. The van der Waals surface area contributed by atoms with Gasteiger partial charge in [-0.25, -0.2) is 9.78 Å². The molecule has 6 rings (SSSR count). The van der Waals surface area contributed by atoms with Gasteiger partial charge in [-0.05, 0) is 61.4 Å². The third-order valence-corrected chi connectivity index (χ3v) is 8.59. The Hall–Kier alpha value is -4.30. The highest BCUT2D eigenvalue weighted by Crippen LogP contribution is 2.41. The molecule has 1 unspecified atom stereocenters. The molecule has 9 nitrogen and oxygen atoms in total. The van der Waals surface area contributed by atoms with Crippen molar-refractivity contribution >= 4 is 22.5 Å². The monoisotopic (exact) mass is 581 g/mol. The Labute approximate surface area is 248 Å². The zero-order chi connectivity index (χ0) is 29.3. The van der Waals surface area contributed by atoms with Crippen LogP contribution in [-0.4, -0.2) is 54.3 Å². The van der Waals surface area contributed by atoms with E-state index >= 15 is 0 Å². The number of rotatable bonds is 8. The molecule has 2 amide bonds. The summed E-state index contributed by atoms with van der Waals surface area (Å²) < 4.78 is 16.8. The second-order valence-electron chi connectivity index (χ2n) is 10.9. The maximum absolute atomic E-state index is 13.0. The highest BCUT2D eigenvalue weighted by atomic mass is 32.1. The fourth-order valence-electron chi connectivity index (χ4n) is 5.21. The van der Waals surface area contributed by atoms with E-state index in [2.05, 4.69) is 11.4 Å². The molecule has 2 aliphatic heterocycles. The van der Waals surface area contributed by atoms with Crippen LogP contribution in [0.5, 0.6) is 5.75 Å². The molecule has 0 radical (unpaired) electrons. The van der Waals surface area contributed by atoms with Gasteiger partial charge in [0.25, 0.3) is 0 Å². The fraction of sp³-hybridized carbons (Fsp3) is 0.312. The second-order valence-corrected chi connectivity index (χ2v) is 11.9. The van der Waals surface area contributed by atoms with Crippen LogP contribution in [0.4, 0.5) is 9.93 Å². The first kappa shape index (κ1) is 27.8. The van der Waals surface area contributed by atoms with E-state index in [1.54, 1.807) is 18.1 Å². The number of nitriles is 1. The van der Waals surface area contributed by atoms with Gasteiger partial charge in [0.15, 0.2) is 5.13 Å². The van der Waals surface area contributed by atoms with Crippen molar-refractivity contribution in [1.82, 2.24) is 14.9 Å². The zero-order valence-electron chi connectivity index (χ0n) is 23.7. The molecule has 0 aliphatic carbocycles. The number of hydrogen-bond acceptors (Lipinski definition) is 8. The molecule has 2 aromatic carbocycles. The number of methoxy groups -OCH3 is 1. The number of carbonyl (C=O) groups excluding carboxylic acids is 1. The van der Waals surface area contributed by atoms with E-state index < -0.39 is 0 Å². The van der Waals surface area contributed by atoms with Crippen LogP contribution in [0.25, 0.3) is 21.7 Å². The van der Waals surface area contributed by atoms with Gasteiger partial charge in [-0.2, -0.15) is 5.26 Å². The number of anilines is 1. The lowest BCUT2D eigenvalue weighted by Gasteiger charge is -2.54. The Kier molecular flexibility index (Phi) is 7.64. The summed E-state index contributed by atoms with van der Waals surface area (Å²) in [6, 6.07) is 21.2. The first-order valence-corrected chi connectivity index (χ1v) is 14.5. The summed E-state index contributed by atoms with van der Waals surface area (Å²) in [7, 11) is 1.65. The molecular weight excluding hydrogens is 550 g/mol. The van der Waals surface area contributed by atoms with Gasteiger partial charge < -0.3 is 19.1 Å². The van der Waals surface area contributed by atoms with E-state index in [1.807, 2.05) is 68.4 Å². The van der Waals surface area contributed by atoms with Gasteiger partial charge in [-0.1, -0.05) is 35.6 Å². The standard InChI is InChI=1S/C32H31N5O4S/c1-20-11-25(13-27(34-20)21(2)41-15-22-7-9-26(39-3)10-8-22)29-28(24-6-4-5-23(12-24)14-33)35-30(42-29)36-31(38)37-16-32(17-37)18-40-19-32/h4-13,21H,15-19H2,1-3H3,(H,35,36,38). The van der Waals surface area contributed by atoms with Gasteiger partial charge >= 0.3 is 6.03 Å². The molecule has 0 bridgehead atoms. The van der Waals surface area contributed by atoms with Gasteiger partial charge in [0.1, 0.15) is 5.75 Å². The molecule has 2 fully saturated rings. The van der Waals surface area contributed by atoms with Crippen LogP contribution < -0.4 is 10.1 Å². The summed E-state index contributed by atoms with van der Waals surface area (Å²) in [6.45, 7) is 7.17. The Morgan fingerprint density at radius 2 is 1.93 bits per heavy atom. The minimum Gasteiger partial charge on any atom is -0.497 e. The van der Waals surface area contributed by atoms with E-state index in [0.717, 1.165) is 38.7 Å². The number of nitrogens with zero attached hydrogens (tertiary/aromatic N) is 4. The molecule has 1 spiro atoms. The van der Waals surface area contributed by atoms with Gasteiger partial charge in [0.2, 0.25) is 0 Å². The molecule has 1 N–H and O–H groups in total. The highest BCUT2D eigenvalue weighted by Gasteiger charge is 2.50. The van der Waals surface area contributed by atoms with Crippen LogP contribution in [-0.2, 0) is 16.1 Å². The summed E-state index contributed by atoms with van der Waals surface area (Å²) in [5.74, 6) is 0.801. The first-order valence-electron chi connectivity index (χ1n) is 13.7. The van der Waals surface area contributed by atoms with Gasteiger partial charge in [-0.3, -0.25) is 10.3 Å². The maximum Gasteiger partial charge on any atom is 0.323 e. The summed E-state index contributed by atoms with van der Waals surface area (Å²) >= 11 is 1.41. The van der Waals surface area contributed by atoms with Crippen LogP contribution in [0, 0.1) is 23.7 Å². The lowest BCUT2D eigenvalue weighted by molar-refractivity contribution is -0.174. The number of likely N-dealkylation sites (tertiary alicyclic amines) is 1. The number of benzene rings is 2. The van der Waals surface area contributed by atoms with E-state index in [0.29, 0.717) is 49.3 Å². The number of amides is 2. The number of hydrogen-bond donors (Lipinski definition) is 1. The van der Waals surface area contributed by atoms with Crippen molar-refractivity contribution < 1.29 is 19.0 Å². The number of carbonyl (C=O) groups is 1. The number of nitrogens with one attached hydrogen (secondary N) is 1. The summed E-state index contributed by atoms with van der Waals surface area (Å²) in [5.41, 5.74) is 5.76. The molecule has 10 heteroatoms. The van der Waals surface area contributed by atoms with Crippen molar-refractivity contribution in [3.8, 4) is 33.5 Å². The fourth-order valence-corrected chi connectivity index (χ4v) is 6.18. The summed E-state index contributed by atoms with van der Waals surface area (Å²) in [4.78, 5) is 25.3. The van der Waals surface area contributed by atoms with Crippen molar-refractivity contribution in [2.45, 2.75) is 26.6 Å². The largest absolute Gasteiger partial charge is 0.497 e. The minimum atomic E-state index is -0.266. The lowest BCUT2D eigenvalue weighted by atomic mass is 9.78. The average molecular weight is 582 g/mol. The van der Waals surface area contributed by atoms with E-state index in [-0.39, 0.29) is 17.6 Å². The molecule has 4 heterocycles. The molecule has 4 aromatic rings. The van der Waals surface area contributed by atoms with Gasteiger partial charge in [0.05, 0.1) is 66.3 Å². The Balaban J connectivity index is 1.27. The van der Waals surface area contributed by atoms with Crippen LogP contribution >= 0.6 is 11.3 Å². The minimum absolute atomic E-state index is 0.130. The van der Waals surface area contributed by atoms with Crippen molar-refractivity contribution in [3.05, 3.63) is 83.2 Å². The van der Waals surface area contributed by atoms with Crippen molar-refractivity contribution in [1.29, 1.82) is 5.26 Å². The average Bonchev–Trinajstić information content (AvgIpc) is 3.38. The molecular formula is C32H31N5O4S. The zero-order valence-corrected chi connectivity index (χ0v) is 24.5. The Morgan fingerprint density at radius 3 is 2.62 bits per heavy atom. The number of aromatic nitrogens is 2. The van der Waals surface area contributed by atoms with Crippen LogP contribution in [0.2, 0.25) is 0 Å². The number of ether oxygens (including phenoxy) is 3. The van der Waals surface area contributed by atoms with E-state index in [4.69, 9.17) is 24.2 Å². The molecule has 2 aliphatic rings. The van der Waals surface area contributed by atoms with Crippen molar-refractivity contribution in [2.75, 3.05) is 38.7 Å². The first-order chi connectivity index (χ1) is 20.3. The predicted molar refractivity (Wildman–Crippen MR) is 160 cm³/mol. The smallest absolute Gasteiger partial charge is 0.323 e. The van der Waals surface area contributed by atoms with Crippen molar-refractivity contribution in [3.63, 3.8) is 0 Å². The topological polar surface area (TPSA) is 110 Å². The number of aryl methyl sites for hydroxylation is 1. The second kappa shape index (κ2) is 11.5. The summed E-state index contributed by atoms with van der Waals surface area (Å²) in [6.07, 6.45) is -0.266. The van der Waals surface area contributed by atoms with E-state index in [1.165, 1.54) is 11.3 Å². The maximum atomic E-state index is 13.0. The Morgan fingerprint density at radius 1 is 1.14 bits per heavy atom. The Bertz CT molecular complexity index is 1650. The third-order valence-electron chi connectivity index (χ3n) is 7.57. The molecule has 2 aromatic heterocycles. The summed E-state index contributed by atoms with van der Waals surface area (Å²) in [5, 5.41) is 13.0. The molecule has 1 atom stereocenters. The molecule has 214 valence electrons. The van der Waals surface area contributed by atoms with Gasteiger partial charge in [-0.15, -0.1) is 0 Å². The normalized spacial score (nSPS) is 15.8. The molecule has 2 saturated heterocycles. The quantitative estimate of drug-likeness (QED) is 0.264. The van der Waals surface area contributed by atoms with Crippen LogP contribution in [0.15, 0.2) is 60.7 Å². The number of pyridine rings is 1. The van der Waals surface area contributed by atoms with Crippen molar-refractivity contribution in [2.24, 2.45) is 5.41 Å². The van der Waals surface area contributed by atoms with Crippen LogP contribution in [0.3, 0.4) is 0 Å². The SMILES string of the molecule is COc1ccc(COC(C)c2cc(-c3sc(NC(=O)N4CC5(COC5)C4)nc3-c3cccc(C#N)c3)cc(C)n2)cc1. The van der Waals surface area contributed by atoms with Gasteiger partial charge in [0, 0.05) is 24.3 Å². The van der Waals surface area contributed by atoms with E-state index in [9.17, 15) is 10.1 Å². The molecule has 42 heavy (non-hydrogen) atoms. The third kappa shape index (κ3) is 5.72. The number of thiazole rings is 1. The number of urea groups is 1. The lowest BCUT2D eigenvalue weighted by Crippen LogP contribution is -2.67. The predicted octanol–water partition coefficient (Wildman–Crippen LogP) is 6.20. The molecule has 0 saturated carbocycles.